The Morgan fingerprint density at radius 1 is 0.951 bits per heavy atom. The van der Waals surface area contributed by atoms with Crippen molar-refractivity contribution in [2.75, 3.05) is 6.67 Å². The molecular formula is C33H27F3N4O. The first-order chi connectivity index (χ1) is 19.9. The zero-order chi connectivity index (χ0) is 28.6. The van der Waals surface area contributed by atoms with Crippen molar-refractivity contribution in [1.29, 1.82) is 0 Å². The van der Waals surface area contributed by atoms with Crippen LogP contribution in [-0.4, -0.2) is 21.2 Å². The number of nitrogens with zero attached hydrogens (tertiary/aromatic N) is 4. The number of aromatic nitrogens is 3. The summed E-state index contributed by atoms with van der Waals surface area (Å²) >= 11 is 0. The number of imidazole rings is 1. The van der Waals surface area contributed by atoms with E-state index in [2.05, 4.69) is 20.5 Å². The molecule has 1 aliphatic carbocycles. The van der Waals surface area contributed by atoms with Crippen molar-refractivity contribution in [3.05, 3.63) is 118 Å². The van der Waals surface area contributed by atoms with Gasteiger partial charge in [0, 0.05) is 35.6 Å². The molecule has 3 aromatic carbocycles. The molecule has 0 spiro atoms. The lowest BCUT2D eigenvalue weighted by molar-refractivity contribution is 0.288. The van der Waals surface area contributed by atoms with Crippen LogP contribution in [0.25, 0.3) is 27.1 Å². The minimum Gasteiger partial charge on any atom is -0.473 e. The number of ether oxygens (including phenoxy) is 1. The van der Waals surface area contributed by atoms with E-state index in [1.54, 1.807) is 30.3 Å². The maximum atomic E-state index is 15.4. The molecule has 2 heterocycles. The second kappa shape index (κ2) is 10.7. The van der Waals surface area contributed by atoms with Gasteiger partial charge in [0.1, 0.15) is 24.1 Å². The Bertz CT molecular complexity index is 1800. The number of aryl methyl sites for hydroxylation is 1. The van der Waals surface area contributed by atoms with Crippen LogP contribution in [0.1, 0.15) is 35.4 Å². The molecule has 0 unspecified atom stereocenters. The van der Waals surface area contributed by atoms with Gasteiger partial charge in [0.2, 0.25) is 5.88 Å². The van der Waals surface area contributed by atoms with E-state index in [1.807, 2.05) is 19.1 Å². The highest BCUT2D eigenvalue weighted by Gasteiger charge is 2.43. The highest BCUT2D eigenvalue weighted by Crippen LogP contribution is 2.48. The molecule has 2 aromatic heterocycles. The molecule has 1 saturated carbocycles. The normalized spacial score (nSPS) is 13.7. The van der Waals surface area contributed by atoms with Crippen molar-refractivity contribution >= 4 is 16.7 Å². The summed E-state index contributed by atoms with van der Waals surface area (Å²) in [6, 6.07) is 20.3. The molecule has 5 aromatic rings. The molecule has 0 N–H and O–H groups in total. The third-order valence-corrected chi connectivity index (χ3v) is 7.68. The Morgan fingerprint density at radius 2 is 1.76 bits per heavy atom. The predicted octanol–water partition coefficient (Wildman–Crippen LogP) is 8.16. The number of pyridine rings is 1. The van der Waals surface area contributed by atoms with Gasteiger partial charge in [-0.25, -0.2) is 23.6 Å². The van der Waals surface area contributed by atoms with E-state index in [9.17, 15) is 8.78 Å². The van der Waals surface area contributed by atoms with Crippen LogP contribution < -0.4 is 4.74 Å². The first kappa shape index (κ1) is 26.6. The summed E-state index contributed by atoms with van der Waals surface area (Å²) in [5.41, 5.74) is 4.60. The van der Waals surface area contributed by atoms with E-state index in [4.69, 9.17) is 16.3 Å². The number of hydrogen-bond donors (Lipinski definition) is 0. The van der Waals surface area contributed by atoms with Crippen molar-refractivity contribution < 1.29 is 17.9 Å². The molecule has 0 aliphatic heterocycles. The molecule has 0 amide bonds. The van der Waals surface area contributed by atoms with Crippen molar-refractivity contribution in [3.8, 4) is 17.1 Å². The van der Waals surface area contributed by atoms with Gasteiger partial charge in [0.15, 0.2) is 5.69 Å². The molecule has 0 bridgehead atoms. The number of halogens is 3. The van der Waals surface area contributed by atoms with Gasteiger partial charge in [0.05, 0.1) is 30.0 Å². The maximum Gasteiger partial charge on any atom is 0.214 e. The molecule has 1 fully saturated rings. The fraction of sp³-hybridized carbons (Fsp3) is 0.242. The monoisotopic (exact) mass is 552 g/mol. The first-order valence-electron chi connectivity index (χ1n) is 13.4. The molecule has 0 atom stereocenters. The van der Waals surface area contributed by atoms with E-state index in [0.29, 0.717) is 34.8 Å². The number of hydrogen-bond acceptors (Lipinski definition) is 3. The summed E-state index contributed by atoms with van der Waals surface area (Å²) in [7, 11) is 0. The predicted molar refractivity (Wildman–Crippen MR) is 152 cm³/mol. The largest absolute Gasteiger partial charge is 0.473 e. The SMILES string of the molecule is [C-]#[N+]c1ccc(COc2cccc(-c3ccc(Cc4nc5ccc(C)cc5n4CC4(CF)CC4)c(F)c3)n2)c(F)c1. The van der Waals surface area contributed by atoms with Crippen LogP contribution in [0, 0.1) is 30.5 Å². The lowest BCUT2D eigenvalue weighted by Crippen LogP contribution is -2.16. The minimum atomic E-state index is -0.520. The van der Waals surface area contributed by atoms with E-state index in [-0.39, 0.29) is 42.5 Å². The number of benzene rings is 3. The number of alkyl halides is 1. The Morgan fingerprint density at radius 3 is 2.49 bits per heavy atom. The van der Waals surface area contributed by atoms with Gasteiger partial charge in [-0.05, 0) is 61.2 Å². The summed E-state index contributed by atoms with van der Waals surface area (Å²) in [6.45, 7) is 9.10. The van der Waals surface area contributed by atoms with Gasteiger partial charge in [0.25, 0.3) is 0 Å². The zero-order valence-electron chi connectivity index (χ0n) is 22.5. The average molecular weight is 553 g/mol. The van der Waals surface area contributed by atoms with Crippen molar-refractivity contribution in [3.63, 3.8) is 0 Å². The standard InChI is InChI=1S/C33H27F3N4O/c1-21-6-11-29-30(14-21)40(20-33(19-34)12-13-33)31(38-29)16-22-7-8-23(15-26(22)35)28-4-3-5-32(39-28)41-18-24-9-10-25(37-2)17-27(24)36/h3-11,14-15,17H,12-13,16,18-20H2,1H3. The Labute approximate surface area is 236 Å². The van der Waals surface area contributed by atoms with E-state index < -0.39 is 5.82 Å². The number of rotatable bonds is 9. The summed E-state index contributed by atoms with van der Waals surface area (Å²) in [6.07, 6.45) is 1.96. The summed E-state index contributed by atoms with van der Waals surface area (Å²) in [4.78, 5) is 12.5. The number of fused-ring (bicyclic) bond motifs is 1. The zero-order valence-corrected chi connectivity index (χ0v) is 22.5. The lowest BCUT2D eigenvalue weighted by atomic mass is 10.0. The van der Waals surface area contributed by atoms with Crippen LogP contribution in [0.2, 0.25) is 0 Å². The molecule has 0 saturated heterocycles. The third-order valence-electron chi connectivity index (χ3n) is 7.68. The van der Waals surface area contributed by atoms with E-state index in [0.717, 1.165) is 29.4 Å². The summed E-state index contributed by atoms with van der Waals surface area (Å²) < 4.78 is 51.2. The molecule has 6 rings (SSSR count). The maximum absolute atomic E-state index is 15.4. The van der Waals surface area contributed by atoms with Gasteiger partial charge in [-0.15, -0.1) is 0 Å². The molecule has 8 heteroatoms. The average Bonchev–Trinajstić information content (AvgIpc) is 3.69. The Hall–Kier alpha value is -4.64. The van der Waals surface area contributed by atoms with Crippen molar-refractivity contribution in [1.82, 2.24) is 14.5 Å². The second-order valence-electron chi connectivity index (χ2n) is 10.8. The van der Waals surface area contributed by atoms with Crippen LogP contribution >= 0.6 is 0 Å². The van der Waals surface area contributed by atoms with Crippen LogP contribution in [0.4, 0.5) is 18.9 Å². The quantitative estimate of drug-likeness (QED) is 0.173. The highest BCUT2D eigenvalue weighted by atomic mass is 19.1. The summed E-state index contributed by atoms with van der Waals surface area (Å²) in [5.74, 6) is 0.0701. The molecular weight excluding hydrogens is 525 g/mol. The molecule has 0 radical (unpaired) electrons. The van der Waals surface area contributed by atoms with Gasteiger partial charge >= 0.3 is 0 Å². The fourth-order valence-electron chi connectivity index (χ4n) is 4.99. The smallest absolute Gasteiger partial charge is 0.214 e. The first-order valence-corrected chi connectivity index (χ1v) is 13.4. The van der Waals surface area contributed by atoms with Gasteiger partial charge < -0.3 is 9.30 Å². The molecule has 1 aliphatic rings. The molecule has 206 valence electrons. The Balaban J connectivity index is 1.22. The van der Waals surface area contributed by atoms with Gasteiger partial charge in [-0.2, -0.15) is 0 Å². The van der Waals surface area contributed by atoms with Crippen LogP contribution in [0.3, 0.4) is 0 Å². The third kappa shape index (κ3) is 5.53. The lowest BCUT2D eigenvalue weighted by Gasteiger charge is -2.16. The van der Waals surface area contributed by atoms with Crippen molar-refractivity contribution in [2.24, 2.45) is 5.41 Å². The van der Waals surface area contributed by atoms with Crippen molar-refractivity contribution in [2.45, 2.75) is 39.3 Å². The van der Waals surface area contributed by atoms with Gasteiger partial charge in [-0.3, -0.25) is 4.39 Å². The minimum absolute atomic E-state index is 0.0575. The van der Waals surface area contributed by atoms with Crippen LogP contribution in [-0.2, 0) is 19.6 Å². The topological polar surface area (TPSA) is 44.3 Å². The Kier molecular flexibility index (Phi) is 6.96. The van der Waals surface area contributed by atoms with E-state index >= 15 is 4.39 Å². The van der Waals surface area contributed by atoms with E-state index in [1.165, 1.54) is 24.3 Å². The highest BCUT2D eigenvalue weighted by molar-refractivity contribution is 5.77. The fourth-order valence-corrected chi connectivity index (χ4v) is 4.99. The second-order valence-corrected chi connectivity index (χ2v) is 10.8. The van der Waals surface area contributed by atoms with Gasteiger partial charge in [-0.1, -0.05) is 36.4 Å². The van der Waals surface area contributed by atoms with Crippen LogP contribution in [0.5, 0.6) is 5.88 Å². The molecule has 5 nitrogen and oxygen atoms in total. The van der Waals surface area contributed by atoms with Crippen LogP contribution in [0.15, 0.2) is 72.8 Å². The summed E-state index contributed by atoms with van der Waals surface area (Å²) in [5, 5.41) is 0. The molecule has 41 heavy (non-hydrogen) atoms.